The summed E-state index contributed by atoms with van der Waals surface area (Å²) in [6.45, 7) is 0. The lowest BCUT2D eigenvalue weighted by molar-refractivity contribution is -0.140. The summed E-state index contributed by atoms with van der Waals surface area (Å²) in [6, 6.07) is 7.05. The third-order valence-electron chi connectivity index (χ3n) is 6.32. The molecule has 2 bridgehead atoms. The van der Waals surface area contributed by atoms with Crippen LogP contribution in [-0.2, 0) is 9.59 Å². The molecular formula is C20H14ClN3O3S2. The molecule has 2 aromatic rings. The van der Waals surface area contributed by atoms with Gasteiger partial charge in [0.15, 0.2) is 0 Å². The van der Waals surface area contributed by atoms with Gasteiger partial charge in [-0.2, -0.15) is 10.1 Å². The van der Waals surface area contributed by atoms with E-state index >= 15 is 0 Å². The molecule has 4 aliphatic rings. The summed E-state index contributed by atoms with van der Waals surface area (Å²) in [4.78, 5) is 41.6. The van der Waals surface area contributed by atoms with E-state index in [1.54, 1.807) is 36.0 Å². The lowest BCUT2D eigenvalue weighted by Crippen LogP contribution is -2.34. The number of carbonyl (C=O) groups is 2. The number of fused-ring (bicyclic) bond motifs is 9. The number of halogens is 1. The minimum absolute atomic E-state index is 0.0556. The van der Waals surface area contributed by atoms with Crippen molar-refractivity contribution >= 4 is 58.8 Å². The van der Waals surface area contributed by atoms with Crippen molar-refractivity contribution in [1.82, 2.24) is 9.99 Å². The van der Waals surface area contributed by atoms with Gasteiger partial charge in [-0.3, -0.25) is 14.4 Å². The van der Waals surface area contributed by atoms with E-state index in [9.17, 15) is 14.4 Å². The number of hydrazone groups is 1. The molecule has 0 radical (unpaired) electrons. The van der Waals surface area contributed by atoms with Gasteiger partial charge in [0, 0.05) is 10.3 Å². The van der Waals surface area contributed by atoms with E-state index in [0.29, 0.717) is 5.02 Å². The number of H-pyrrole nitrogens is 1. The Labute approximate surface area is 178 Å². The summed E-state index contributed by atoms with van der Waals surface area (Å²) in [6.07, 6.45) is 4.44. The second kappa shape index (κ2) is 6.17. The summed E-state index contributed by atoms with van der Waals surface area (Å²) in [5, 5.41) is 6.92. The van der Waals surface area contributed by atoms with Crippen molar-refractivity contribution in [3.63, 3.8) is 0 Å². The molecule has 2 saturated carbocycles. The van der Waals surface area contributed by atoms with Crippen LogP contribution in [0, 0.1) is 23.7 Å². The predicted molar refractivity (Wildman–Crippen MR) is 112 cm³/mol. The van der Waals surface area contributed by atoms with Gasteiger partial charge in [0.25, 0.3) is 11.8 Å². The average Bonchev–Trinajstić information content (AvgIpc) is 3.41. The number of hydrogen-bond acceptors (Lipinski definition) is 6. The number of thioether (sulfide) groups is 1. The van der Waals surface area contributed by atoms with Crippen LogP contribution in [0.3, 0.4) is 0 Å². The number of thiazole rings is 1. The van der Waals surface area contributed by atoms with Crippen molar-refractivity contribution < 1.29 is 9.59 Å². The van der Waals surface area contributed by atoms with Crippen LogP contribution in [0.4, 0.5) is 0 Å². The summed E-state index contributed by atoms with van der Waals surface area (Å²) in [5.41, 5.74) is 1.98. The predicted octanol–water partition coefficient (Wildman–Crippen LogP) is 3.23. The number of nitrogens with one attached hydrogen (secondary N) is 1. The van der Waals surface area contributed by atoms with Crippen LogP contribution in [-0.4, -0.2) is 33.3 Å². The number of nitrogens with zero attached hydrogens (tertiary/aromatic N) is 2. The highest BCUT2D eigenvalue weighted by molar-refractivity contribution is 8.00. The minimum Gasteiger partial charge on any atom is -0.307 e. The Kier molecular flexibility index (Phi) is 3.76. The van der Waals surface area contributed by atoms with Gasteiger partial charge in [0.05, 0.1) is 28.0 Å². The molecule has 0 unspecified atom stereocenters. The van der Waals surface area contributed by atoms with E-state index in [1.165, 1.54) is 23.1 Å². The average molecular weight is 444 g/mol. The maximum atomic E-state index is 13.1. The van der Waals surface area contributed by atoms with Crippen LogP contribution in [0.15, 0.2) is 44.8 Å². The Morgan fingerprint density at radius 2 is 1.90 bits per heavy atom. The highest BCUT2D eigenvalue weighted by atomic mass is 35.5. The number of benzene rings is 1. The van der Waals surface area contributed by atoms with Crippen LogP contribution in [0.25, 0.3) is 6.08 Å². The quantitative estimate of drug-likeness (QED) is 0.570. The number of hydrogen-bond donors (Lipinski definition) is 1. The van der Waals surface area contributed by atoms with E-state index < -0.39 is 0 Å². The summed E-state index contributed by atoms with van der Waals surface area (Å²) >= 11 is 8.72. The van der Waals surface area contributed by atoms with Crippen molar-refractivity contribution in [2.24, 2.45) is 28.8 Å². The summed E-state index contributed by atoms with van der Waals surface area (Å²) < 4.78 is 0. The first-order valence-electron chi connectivity index (χ1n) is 9.30. The van der Waals surface area contributed by atoms with Crippen LogP contribution in [0.1, 0.15) is 16.9 Å². The number of carbonyl (C=O) groups excluding carboxylic acids is 2. The Hall–Kier alpha value is -2.16. The fourth-order valence-corrected chi connectivity index (χ4v) is 7.75. The molecule has 5 atom stereocenters. The zero-order chi connectivity index (χ0) is 19.9. The minimum atomic E-state index is -0.338. The van der Waals surface area contributed by atoms with E-state index in [1.807, 2.05) is 0 Å². The van der Waals surface area contributed by atoms with Gasteiger partial charge < -0.3 is 4.98 Å². The standard InChI is InChI=1S/C20H14ClN3O3S2/c21-9-3-1-8(2-4-9)7-22-24-18(25)14-10-5-12(15(14)19(24)26)16-11(10)6-13-17(29-16)23-20(27)28-13/h1-4,6-7,10,12,14-16H,5H2,(H,23,27)/b22-7-/t10-,12+,14+,15+,16-/m1/s1. The van der Waals surface area contributed by atoms with Gasteiger partial charge >= 0.3 is 4.87 Å². The maximum absolute atomic E-state index is 13.1. The normalized spacial score (nSPS) is 32.0. The molecule has 146 valence electrons. The summed E-state index contributed by atoms with van der Waals surface area (Å²) in [7, 11) is 0. The van der Waals surface area contributed by atoms with Crippen molar-refractivity contribution in [1.29, 1.82) is 0 Å². The smallest absolute Gasteiger partial charge is 0.305 e. The molecular weight excluding hydrogens is 430 g/mol. The SMILES string of the molecule is O=C1[C@@H]2[C@@H](C(=O)N1/N=C\c1ccc(Cl)cc1)[C@@H]1C[C@@H]2C2=Cc3sc(=O)[nH]c3S[C@H]21. The molecule has 2 aliphatic heterocycles. The molecule has 0 spiro atoms. The lowest BCUT2D eigenvalue weighted by atomic mass is 9.77. The molecule has 2 aliphatic carbocycles. The number of aromatic nitrogens is 1. The van der Waals surface area contributed by atoms with Crippen molar-refractivity contribution in [3.05, 3.63) is 55.0 Å². The molecule has 2 amide bonds. The van der Waals surface area contributed by atoms with Crippen LogP contribution in [0.5, 0.6) is 0 Å². The van der Waals surface area contributed by atoms with Gasteiger partial charge in [-0.1, -0.05) is 52.4 Å². The lowest BCUT2D eigenvalue weighted by Gasteiger charge is -2.32. The van der Waals surface area contributed by atoms with E-state index in [-0.39, 0.29) is 45.6 Å². The van der Waals surface area contributed by atoms with Crippen LogP contribution >= 0.6 is 34.7 Å². The molecule has 1 N–H and O–H groups in total. The molecule has 1 saturated heterocycles. The van der Waals surface area contributed by atoms with Gasteiger partial charge in [-0.05, 0) is 42.0 Å². The van der Waals surface area contributed by atoms with Gasteiger partial charge in [0.1, 0.15) is 0 Å². The second-order valence-corrected chi connectivity index (χ2v) is 10.3. The third-order valence-corrected chi connectivity index (χ3v) is 8.96. The largest absolute Gasteiger partial charge is 0.307 e. The molecule has 3 heterocycles. The summed E-state index contributed by atoms with van der Waals surface area (Å²) in [5.74, 6) is -0.922. The zero-order valence-electron chi connectivity index (χ0n) is 14.9. The third kappa shape index (κ3) is 2.49. The van der Waals surface area contributed by atoms with E-state index in [2.05, 4.69) is 16.2 Å². The van der Waals surface area contributed by atoms with Crippen LogP contribution in [0.2, 0.25) is 5.02 Å². The highest BCUT2D eigenvalue weighted by Gasteiger charge is 2.66. The molecule has 1 aromatic carbocycles. The van der Waals surface area contributed by atoms with Crippen molar-refractivity contribution in [3.8, 4) is 0 Å². The van der Waals surface area contributed by atoms with E-state index in [0.717, 1.165) is 26.9 Å². The topological polar surface area (TPSA) is 82.6 Å². The molecule has 3 fully saturated rings. The molecule has 6 nitrogen and oxygen atoms in total. The fourth-order valence-electron chi connectivity index (χ4n) is 5.19. The first-order valence-corrected chi connectivity index (χ1v) is 11.4. The molecule has 29 heavy (non-hydrogen) atoms. The Morgan fingerprint density at radius 1 is 1.14 bits per heavy atom. The molecule has 6 rings (SSSR count). The fraction of sp³-hybridized carbons (Fsp3) is 0.300. The van der Waals surface area contributed by atoms with Gasteiger partial charge in [-0.15, -0.1) is 0 Å². The number of rotatable bonds is 2. The second-order valence-electron chi connectivity index (χ2n) is 7.73. The number of aromatic amines is 1. The molecule has 9 heteroatoms. The Morgan fingerprint density at radius 3 is 2.69 bits per heavy atom. The molecule has 1 aromatic heterocycles. The zero-order valence-corrected chi connectivity index (χ0v) is 17.3. The Bertz CT molecular complexity index is 1180. The monoisotopic (exact) mass is 443 g/mol. The number of amides is 2. The van der Waals surface area contributed by atoms with Gasteiger partial charge in [0.2, 0.25) is 0 Å². The van der Waals surface area contributed by atoms with Crippen molar-refractivity contribution in [2.45, 2.75) is 16.7 Å². The maximum Gasteiger partial charge on any atom is 0.305 e. The van der Waals surface area contributed by atoms with Crippen molar-refractivity contribution in [2.75, 3.05) is 0 Å². The van der Waals surface area contributed by atoms with E-state index in [4.69, 9.17) is 11.6 Å². The van der Waals surface area contributed by atoms with Crippen LogP contribution < -0.4 is 4.87 Å². The number of imide groups is 1. The Balaban J connectivity index is 1.32. The highest BCUT2D eigenvalue weighted by Crippen LogP contribution is 2.64. The van der Waals surface area contributed by atoms with Gasteiger partial charge in [-0.25, -0.2) is 0 Å². The first-order chi connectivity index (χ1) is 14.0. The first kappa shape index (κ1) is 17.7.